The van der Waals surface area contributed by atoms with Gasteiger partial charge in [-0.3, -0.25) is 19.7 Å². The Balaban J connectivity index is 0.00000529. The fourth-order valence-corrected chi connectivity index (χ4v) is 1.84. The summed E-state index contributed by atoms with van der Waals surface area (Å²) in [5, 5.41) is 16.0. The van der Waals surface area contributed by atoms with Crippen molar-refractivity contribution in [3.05, 3.63) is 38.9 Å². The van der Waals surface area contributed by atoms with Crippen LogP contribution in [-0.4, -0.2) is 29.3 Å². The Kier molecular flexibility index (Phi) is 9.27. The molecule has 0 aromatic heterocycles. The number of halogens is 2. The molecule has 10 heteroatoms. The number of nitro benzene ring substituents is 1. The predicted molar refractivity (Wildman–Crippen MR) is 93.0 cm³/mol. The summed E-state index contributed by atoms with van der Waals surface area (Å²) in [4.78, 5) is 33.5. The maximum absolute atomic E-state index is 11.7. The van der Waals surface area contributed by atoms with E-state index in [1.807, 2.05) is 0 Å². The topological polar surface area (TPSA) is 127 Å². The first-order valence-corrected chi connectivity index (χ1v) is 7.33. The quantitative estimate of drug-likeness (QED) is 0.487. The molecule has 0 aliphatic heterocycles. The van der Waals surface area contributed by atoms with Crippen molar-refractivity contribution in [1.29, 1.82) is 0 Å². The summed E-state index contributed by atoms with van der Waals surface area (Å²) in [7, 11) is 0. The third-order valence-electron chi connectivity index (χ3n) is 3.16. The van der Waals surface area contributed by atoms with Crippen LogP contribution in [0.3, 0.4) is 0 Å². The van der Waals surface area contributed by atoms with Crippen LogP contribution in [0.15, 0.2) is 18.2 Å². The average Bonchev–Trinajstić information content (AvgIpc) is 2.50. The minimum absolute atomic E-state index is 0. The number of hydrogen-bond acceptors (Lipinski definition) is 5. The molecule has 0 saturated carbocycles. The molecule has 1 aromatic carbocycles. The number of amides is 2. The first kappa shape index (κ1) is 22.1. The lowest BCUT2D eigenvalue weighted by Gasteiger charge is -2.15. The zero-order chi connectivity index (χ0) is 17.6. The van der Waals surface area contributed by atoms with Crippen molar-refractivity contribution in [1.82, 2.24) is 10.6 Å². The van der Waals surface area contributed by atoms with Gasteiger partial charge in [0.2, 0.25) is 11.8 Å². The molecule has 2 amide bonds. The monoisotopic (exact) mass is 378 g/mol. The minimum Gasteiger partial charge on any atom is -0.350 e. The Morgan fingerprint density at radius 1 is 1.33 bits per heavy atom. The van der Waals surface area contributed by atoms with Gasteiger partial charge in [-0.15, -0.1) is 12.4 Å². The van der Waals surface area contributed by atoms with Crippen LogP contribution >= 0.6 is 24.0 Å². The molecule has 1 atom stereocenters. The predicted octanol–water partition coefficient (Wildman–Crippen LogP) is 1.39. The molecule has 0 bridgehead atoms. The highest BCUT2D eigenvalue weighted by Gasteiger charge is 2.17. The molecule has 0 aliphatic carbocycles. The minimum atomic E-state index is -0.686. The fourth-order valence-electron chi connectivity index (χ4n) is 1.65. The van der Waals surface area contributed by atoms with Crippen molar-refractivity contribution < 1.29 is 14.5 Å². The Bertz CT molecular complexity index is 610. The Morgan fingerprint density at radius 2 is 1.96 bits per heavy atom. The number of nitrogens with two attached hydrogens (primary N) is 1. The van der Waals surface area contributed by atoms with Gasteiger partial charge >= 0.3 is 0 Å². The van der Waals surface area contributed by atoms with Gasteiger partial charge in [0, 0.05) is 23.7 Å². The van der Waals surface area contributed by atoms with Crippen molar-refractivity contribution in [2.45, 2.75) is 26.4 Å². The van der Waals surface area contributed by atoms with Crippen LogP contribution in [0.1, 0.15) is 19.4 Å². The lowest BCUT2D eigenvalue weighted by Crippen LogP contribution is -2.47. The van der Waals surface area contributed by atoms with E-state index in [-0.39, 0.29) is 37.1 Å². The number of hydrogen-bond donors (Lipinski definition) is 3. The fraction of sp³-hybridized carbons (Fsp3) is 0.429. The summed E-state index contributed by atoms with van der Waals surface area (Å²) in [6, 6.07) is 3.27. The number of carbonyl (C=O) groups excluding carboxylic acids is 2. The van der Waals surface area contributed by atoms with Crippen LogP contribution in [0, 0.1) is 16.0 Å². The third-order valence-corrected chi connectivity index (χ3v) is 3.53. The number of nitrogens with one attached hydrogen (secondary N) is 2. The first-order chi connectivity index (χ1) is 10.7. The van der Waals surface area contributed by atoms with E-state index in [2.05, 4.69) is 10.6 Å². The van der Waals surface area contributed by atoms with Crippen LogP contribution in [0.5, 0.6) is 0 Å². The van der Waals surface area contributed by atoms with Crippen molar-refractivity contribution in [3.63, 3.8) is 0 Å². The second-order valence-corrected chi connectivity index (χ2v) is 5.70. The molecule has 0 unspecified atom stereocenters. The maximum Gasteiger partial charge on any atom is 0.269 e. The van der Waals surface area contributed by atoms with E-state index >= 15 is 0 Å². The van der Waals surface area contributed by atoms with E-state index in [0.717, 1.165) is 0 Å². The van der Waals surface area contributed by atoms with E-state index in [4.69, 9.17) is 17.3 Å². The van der Waals surface area contributed by atoms with Crippen LogP contribution in [0.2, 0.25) is 5.02 Å². The Hall–Kier alpha value is -1.90. The van der Waals surface area contributed by atoms with Gasteiger partial charge in [0.25, 0.3) is 5.69 Å². The first-order valence-electron chi connectivity index (χ1n) is 6.95. The van der Waals surface area contributed by atoms with Crippen LogP contribution < -0.4 is 16.4 Å². The summed E-state index contributed by atoms with van der Waals surface area (Å²) < 4.78 is 0. The van der Waals surface area contributed by atoms with E-state index in [0.29, 0.717) is 10.6 Å². The van der Waals surface area contributed by atoms with Crippen LogP contribution in [0.4, 0.5) is 5.69 Å². The van der Waals surface area contributed by atoms with Crippen LogP contribution in [-0.2, 0) is 16.1 Å². The lowest BCUT2D eigenvalue weighted by atomic mass is 10.1. The SMILES string of the molecule is CC(C)[C@H](N)C(=O)NCC(=O)NCc1cc([N+](=O)[O-])ccc1Cl.Cl. The van der Waals surface area contributed by atoms with Gasteiger partial charge in [0.1, 0.15) is 0 Å². The zero-order valence-electron chi connectivity index (χ0n) is 13.2. The standard InChI is InChI=1S/C14H19ClN4O4.ClH/c1-8(2)13(16)14(21)18-7-12(20)17-6-9-5-10(19(22)23)3-4-11(9)15;/h3-5,8,13H,6-7,16H2,1-2H3,(H,17,20)(H,18,21);1H/t13-;/m0./s1. The van der Waals surface area contributed by atoms with E-state index < -0.39 is 22.8 Å². The molecular formula is C14H20Cl2N4O4. The molecule has 0 saturated heterocycles. The normalized spacial score (nSPS) is 11.4. The van der Waals surface area contributed by atoms with E-state index in [1.54, 1.807) is 13.8 Å². The van der Waals surface area contributed by atoms with Gasteiger partial charge in [-0.1, -0.05) is 25.4 Å². The molecule has 0 aliphatic rings. The second-order valence-electron chi connectivity index (χ2n) is 5.30. The average molecular weight is 379 g/mol. The number of nitrogens with zero attached hydrogens (tertiary/aromatic N) is 1. The van der Waals surface area contributed by atoms with Gasteiger partial charge in [0.05, 0.1) is 17.5 Å². The van der Waals surface area contributed by atoms with Gasteiger partial charge in [-0.25, -0.2) is 0 Å². The number of rotatable bonds is 7. The lowest BCUT2D eigenvalue weighted by molar-refractivity contribution is -0.384. The van der Waals surface area contributed by atoms with Crippen molar-refractivity contribution >= 4 is 41.5 Å². The summed E-state index contributed by atoms with van der Waals surface area (Å²) in [5.41, 5.74) is 5.95. The molecule has 134 valence electrons. The Morgan fingerprint density at radius 3 is 2.50 bits per heavy atom. The number of nitro groups is 1. The van der Waals surface area contributed by atoms with Gasteiger partial charge < -0.3 is 16.4 Å². The van der Waals surface area contributed by atoms with Gasteiger partial charge in [-0.05, 0) is 17.5 Å². The van der Waals surface area contributed by atoms with Crippen molar-refractivity contribution in [2.24, 2.45) is 11.7 Å². The molecule has 0 spiro atoms. The molecule has 1 aromatic rings. The Labute approximate surface area is 150 Å². The van der Waals surface area contributed by atoms with Crippen molar-refractivity contribution in [2.75, 3.05) is 6.54 Å². The molecule has 24 heavy (non-hydrogen) atoms. The molecule has 4 N–H and O–H groups in total. The summed E-state index contributed by atoms with van der Waals surface area (Å²) >= 11 is 5.93. The van der Waals surface area contributed by atoms with Crippen LogP contribution in [0.25, 0.3) is 0 Å². The molecule has 8 nitrogen and oxygen atoms in total. The largest absolute Gasteiger partial charge is 0.350 e. The second kappa shape index (κ2) is 10.1. The highest BCUT2D eigenvalue weighted by molar-refractivity contribution is 6.31. The number of non-ortho nitro benzene ring substituents is 1. The smallest absolute Gasteiger partial charge is 0.269 e. The van der Waals surface area contributed by atoms with Gasteiger partial charge in [0.15, 0.2) is 0 Å². The summed E-state index contributed by atoms with van der Waals surface area (Å²) in [5.74, 6) is -0.901. The molecular weight excluding hydrogens is 359 g/mol. The summed E-state index contributed by atoms with van der Waals surface area (Å²) in [6.07, 6.45) is 0. The molecule has 0 radical (unpaired) electrons. The third kappa shape index (κ3) is 6.69. The number of carbonyl (C=O) groups is 2. The highest BCUT2D eigenvalue weighted by Crippen LogP contribution is 2.21. The zero-order valence-corrected chi connectivity index (χ0v) is 14.8. The molecule has 1 rings (SSSR count). The molecule has 0 fully saturated rings. The maximum atomic E-state index is 11.7. The number of benzene rings is 1. The summed E-state index contributed by atoms with van der Waals surface area (Å²) in [6.45, 7) is 3.39. The molecule has 0 heterocycles. The van der Waals surface area contributed by atoms with Crippen molar-refractivity contribution in [3.8, 4) is 0 Å². The van der Waals surface area contributed by atoms with E-state index in [9.17, 15) is 19.7 Å². The van der Waals surface area contributed by atoms with E-state index in [1.165, 1.54) is 18.2 Å². The highest BCUT2D eigenvalue weighted by atomic mass is 35.5. The van der Waals surface area contributed by atoms with Gasteiger partial charge in [-0.2, -0.15) is 0 Å².